The van der Waals surface area contributed by atoms with Gasteiger partial charge in [0, 0.05) is 18.2 Å². The summed E-state index contributed by atoms with van der Waals surface area (Å²) < 4.78 is 45.2. The van der Waals surface area contributed by atoms with Gasteiger partial charge in [-0.1, -0.05) is 31.5 Å². The van der Waals surface area contributed by atoms with Gasteiger partial charge in [0.25, 0.3) is 0 Å². The van der Waals surface area contributed by atoms with Crippen molar-refractivity contribution in [3.8, 4) is 0 Å². The van der Waals surface area contributed by atoms with Crippen LogP contribution in [0.2, 0.25) is 0 Å². The van der Waals surface area contributed by atoms with Crippen molar-refractivity contribution in [3.63, 3.8) is 0 Å². The lowest BCUT2D eigenvalue weighted by Gasteiger charge is -2.28. The van der Waals surface area contributed by atoms with Crippen LogP contribution < -0.4 is 0 Å². The first-order chi connectivity index (χ1) is 9.54. The number of hydrogen-bond acceptors (Lipinski definition) is 3. The summed E-state index contributed by atoms with van der Waals surface area (Å²) in [5, 5.41) is 0. The second-order valence-corrected chi connectivity index (χ2v) is 7.01. The highest BCUT2D eigenvalue weighted by Gasteiger charge is 2.32. The second kappa shape index (κ2) is 6.65. The maximum Gasteiger partial charge on any atom is 0.217 e. The lowest BCUT2D eigenvalue weighted by molar-refractivity contribution is 0.105. The van der Waals surface area contributed by atoms with Crippen molar-refractivity contribution < 1.29 is 17.5 Å². The van der Waals surface area contributed by atoms with Gasteiger partial charge in [0.05, 0.1) is 19.0 Å². The van der Waals surface area contributed by atoms with Crippen LogP contribution in [0, 0.1) is 5.82 Å². The van der Waals surface area contributed by atoms with E-state index in [-0.39, 0.29) is 30.8 Å². The molecule has 0 N–H and O–H groups in total. The van der Waals surface area contributed by atoms with E-state index < -0.39 is 10.0 Å². The standard InChI is InChI=1S/C14H20FNO3S/c1-2-5-13-11-19-8-9-20(17,18)16(13)10-12-6-3-4-7-14(12)15/h3-4,6-7,13H,2,5,8-11H2,1H3/t13-/m0/s1. The van der Waals surface area contributed by atoms with Crippen LogP contribution in [-0.4, -0.2) is 37.7 Å². The molecular weight excluding hydrogens is 281 g/mol. The van der Waals surface area contributed by atoms with Crippen LogP contribution in [0.5, 0.6) is 0 Å². The van der Waals surface area contributed by atoms with Crippen molar-refractivity contribution in [1.82, 2.24) is 4.31 Å². The summed E-state index contributed by atoms with van der Waals surface area (Å²) in [6.45, 7) is 2.65. The Morgan fingerprint density at radius 2 is 2.15 bits per heavy atom. The van der Waals surface area contributed by atoms with E-state index in [1.165, 1.54) is 10.4 Å². The normalized spacial score (nSPS) is 23.4. The van der Waals surface area contributed by atoms with Gasteiger partial charge in [-0.15, -0.1) is 0 Å². The smallest absolute Gasteiger partial charge is 0.217 e. The molecule has 1 fully saturated rings. The molecule has 1 aromatic rings. The zero-order valence-electron chi connectivity index (χ0n) is 11.6. The molecule has 1 aromatic carbocycles. The fourth-order valence-corrected chi connectivity index (χ4v) is 3.91. The number of benzene rings is 1. The molecule has 0 radical (unpaired) electrons. The molecule has 2 rings (SSSR count). The third-order valence-corrected chi connectivity index (χ3v) is 5.29. The predicted octanol–water partition coefficient (Wildman–Crippen LogP) is 2.16. The molecule has 0 saturated carbocycles. The third kappa shape index (κ3) is 3.56. The molecule has 0 amide bonds. The second-order valence-electron chi connectivity index (χ2n) is 4.97. The van der Waals surface area contributed by atoms with E-state index in [4.69, 9.17) is 4.74 Å². The Kier molecular flexibility index (Phi) is 5.12. The molecule has 0 aliphatic carbocycles. The third-order valence-electron chi connectivity index (χ3n) is 3.47. The summed E-state index contributed by atoms with van der Waals surface area (Å²) in [6, 6.07) is 6.08. The minimum Gasteiger partial charge on any atom is -0.379 e. The minimum atomic E-state index is -3.40. The number of halogens is 1. The summed E-state index contributed by atoms with van der Waals surface area (Å²) in [5.41, 5.74) is 0.402. The molecule has 20 heavy (non-hydrogen) atoms. The topological polar surface area (TPSA) is 46.6 Å². The van der Waals surface area contributed by atoms with Gasteiger partial charge in [0.15, 0.2) is 0 Å². The quantitative estimate of drug-likeness (QED) is 0.856. The molecule has 4 nitrogen and oxygen atoms in total. The monoisotopic (exact) mass is 301 g/mol. The number of nitrogens with zero attached hydrogens (tertiary/aromatic N) is 1. The van der Waals surface area contributed by atoms with Crippen LogP contribution in [-0.2, 0) is 21.3 Å². The first-order valence-corrected chi connectivity index (χ1v) is 8.46. The van der Waals surface area contributed by atoms with Crippen LogP contribution in [0.15, 0.2) is 24.3 Å². The van der Waals surface area contributed by atoms with E-state index in [9.17, 15) is 12.8 Å². The zero-order valence-corrected chi connectivity index (χ0v) is 12.4. The lowest BCUT2D eigenvalue weighted by Crippen LogP contribution is -2.41. The van der Waals surface area contributed by atoms with E-state index >= 15 is 0 Å². The number of rotatable bonds is 4. The average molecular weight is 301 g/mol. The highest BCUT2D eigenvalue weighted by Crippen LogP contribution is 2.21. The van der Waals surface area contributed by atoms with Crippen molar-refractivity contribution in [3.05, 3.63) is 35.6 Å². The van der Waals surface area contributed by atoms with E-state index in [1.807, 2.05) is 6.92 Å². The van der Waals surface area contributed by atoms with Crippen molar-refractivity contribution in [2.75, 3.05) is 19.0 Å². The van der Waals surface area contributed by atoms with Crippen molar-refractivity contribution in [2.24, 2.45) is 0 Å². The summed E-state index contributed by atoms with van der Waals surface area (Å²) in [4.78, 5) is 0. The van der Waals surface area contributed by atoms with Crippen molar-refractivity contribution in [2.45, 2.75) is 32.4 Å². The largest absolute Gasteiger partial charge is 0.379 e. The Morgan fingerprint density at radius 1 is 1.40 bits per heavy atom. The van der Waals surface area contributed by atoms with Gasteiger partial charge in [0.1, 0.15) is 5.82 Å². The Morgan fingerprint density at radius 3 is 2.85 bits per heavy atom. The molecule has 0 bridgehead atoms. The van der Waals surface area contributed by atoms with Crippen LogP contribution in [0.1, 0.15) is 25.3 Å². The lowest BCUT2D eigenvalue weighted by atomic mass is 10.1. The van der Waals surface area contributed by atoms with Crippen LogP contribution in [0.4, 0.5) is 4.39 Å². The van der Waals surface area contributed by atoms with Crippen LogP contribution in [0.25, 0.3) is 0 Å². The van der Waals surface area contributed by atoms with Gasteiger partial charge in [-0.25, -0.2) is 12.8 Å². The first-order valence-electron chi connectivity index (χ1n) is 6.85. The van der Waals surface area contributed by atoms with E-state index in [2.05, 4.69) is 0 Å². The van der Waals surface area contributed by atoms with Gasteiger partial charge in [-0.2, -0.15) is 4.31 Å². The SMILES string of the molecule is CCC[C@H]1COCCS(=O)(=O)N1Cc1ccccc1F. The number of ether oxygens (including phenoxy) is 1. The molecule has 1 saturated heterocycles. The van der Waals surface area contributed by atoms with E-state index in [1.54, 1.807) is 18.2 Å². The van der Waals surface area contributed by atoms with Gasteiger partial charge < -0.3 is 4.74 Å². The van der Waals surface area contributed by atoms with Gasteiger partial charge in [-0.05, 0) is 12.5 Å². The molecule has 0 unspecified atom stereocenters. The summed E-state index contributed by atoms with van der Waals surface area (Å²) >= 11 is 0. The summed E-state index contributed by atoms with van der Waals surface area (Å²) in [7, 11) is -3.40. The fraction of sp³-hybridized carbons (Fsp3) is 0.571. The van der Waals surface area contributed by atoms with Gasteiger partial charge in [-0.3, -0.25) is 0 Å². The molecule has 1 atom stereocenters. The summed E-state index contributed by atoms with van der Waals surface area (Å²) in [5.74, 6) is -0.412. The molecule has 1 aliphatic rings. The Hall–Kier alpha value is -0.980. The van der Waals surface area contributed by atoms with E-state index in [0.717, 1.165) is 6.42 Å². The van der Waals surface area contributed by atoms with Gasteiger partial charge in [0.2, 0.25) is 10.0 Å². The molecule has 1 aliphatic heterocycles. The van der Waals surface area contributed by atoms with E-state index in [0.29, 0.717) is 18.6 Å². The first kappa shape index (κ1) is 15.4. The molecule has 6 heteroatoms. The highest BCUT2D eigenvalue weighted by molar-refractivity contribution is 7.89. The molecular formula is C14H20FNO3S. The van der Waals surface area contributed by atoms with Crippen molar-refractivity contribution in [1.29, 1.82) is 0 Å². The summed E-state index contributed by atoms with van der Waals surface area (Å²) in [6.07, 6.45) is 1.57. The zero-order chi connectivity index (χ0) is 14.6. The molecule has 112 valence electrons. The Bertz CT molecular complexity index is 547. The average Bonchev–Trinajstić information content (AvgIpc) is 2.54. The Balaban J connectivity index is 2.29. The van der Waals surface area contributed by atoms with Gasteiger partial charge >= 0.3 is 0 Å². The Labute approximate surface area is 119 Å². The predicted molar refractivity (Wildman–Crippen MR) is 75.2 cm³/mol. The fourth-order valence-electron chi connectivity index (χ4n) is 2.39. The van der Waals surface area contributed by atoms with Crippen LogP contribution >= 0.6 is 0 Å². The van der Waals surface area contributed by atoms with Crippen LogP contribution in [0.3, 0.4) is 0 Å². The number of sulfonamides is 1. The molecule has 0 spiro atoms. The highest BCUT2D eigenvalue weighted by atomic mass is 32.2. The van der Waals surface area contributed by atoms with Crippen molar-refractivity contribution >= 4 is 10.0 Å². The molecule has 0 aromatic heterocycles. The minimum absolute atomic E-state index is 0.0400. The number of hydrogen-bond donors (Lipinski definition) is 0. The maximum atomic E-state index is 13.8. The molecule has 1 heterocycles. The maximum absolute atomic E-state index is 13.8.